The van der Waals surface area contributed by atoms with Crippen molar-refractivity contribution in [2.24, 2.45) is 0 Å². The molecule has 1 unspecified atom stereocenters. The number of rotatable bonds is 2. The van der Waals surface area contributed by atoms with E-state index in [1.165, 1.54) is 6.07 Å². The highest BCUT2D eigenvalue weighted by molar-refractivity contribution is 6.06. The molecule has 1 fully saturated rings. The SMILES string of the molecule is Cc1ccc(NC2CC(=O)NC2=O)c(F)c1. The average molecular weight is 222 g/mol. The minimum Gasteiger partial charge on any atom is -0.371 e. The van der Waals surface area contributed by atoms with Crippen LogP contribution in [-0.2, 0) is 9.59 Å². The Balaban J connectivity index is 2.15. The molecular formula is C11H11FN2O2. The molecule has 0 radical (unpaired) electrons. The van der Waals surface area contributed by atoms with Gasteiger partial charge in [0.25, 0.3) is 0 Å². The third-order valence-electron chi connectivity index (χ3n) is 2.42. The zero-order valence-electron chi connectivity index (χ0n) is 8.71. The highest BCUT2D eigenvalue weighted by Gasteiger charge is 2.30. The minimum absolute atomic E-state index is 0.0478. The topological polar surface area (TPSA) is 58.2 Å². The van der Waals surface area contributed by atoms with Crippen LogP contribution in [0.5, 0.6) is 0 Å². The van der Waals surface area contributed by atoms with E-state index in [2.05, 4.69) is 10.6 Å². The molecule has 0 aliphatic carbocycles. The zero-order chi connectivity index (χ0) is 11.7. The predicted octanol–water partition coefficient (Wildman–Crippen LogP) is 0.961. The molecule has 2 rings (SSSR count). The van der Waals surface area contributed by atoms with Crippen molar-refractivity contribution >= 4 is 17.5 Å². The molecule has 0 spiro atoms. The maximum absolute atomic E-state index is 13.4. The van der Waals surface area contributed by atoms with Crippen LogP contribution in [-0.4, -0.2) is 17.9 Å². The van der Waals surface area contributed by atoms with Crippen molar-refractivity contribution in [3.63, 3.8) is 0 Å². The Kier molecular flexibility index (Phi) is 2.60. The highest BCUT2D eigenvalue weighted by atomic mass is 19.1. The van der Waals surface area contributed by atoms with Crippen LogP contribution in [0.15, 0.2) is 18.2 Å². The lowest BCUT2D eigenvalue weighted by atomic mass is 10.2. The highest BCUT2D eigenvalue weighted by Crippen LogP contribution is 2.18. The molecule has 1 aromatic rings. The molecule has 1 heterocycles. The van der Waals surface area contributed by atoms with Crippen LogP contribution in [0.3, 0.4) is 0 Å². The van der Waals surface area contributed by atoms with Crippen LogP contribution in [0.2, 0.25) is 0 Å². The Labute approximate surface area is 91.8 Å². The molecule has 1 aromatic carbocycles. The van der Waals surface area contributed by atoms with Gasteiger partial charge < -0.3 is 5.32 Å². The van der Waals surface area contributed by atoms with Gasteiger partial charge in [0.05, 0.1) is 12.1 Å². The maximum Gasteiger partial charge on any atom is 0.249 e. The average Bonchev–Trinajstić information content (AvgIpc) is 2.50. The third-order valence-corrected chi connectivity index (χ3v) is 2.42. The van der Waals surface area contributed by atoms with Crippen LogP contribution in [0.1, 0.15) is 12.0 Å². The molecule has 0 aromatic heterocycles. The number of hydrogen-bond acceptors (Lipinski definition) is 3. The Morgan fingerprint density at radius 3 is 2.75 bits per heavy atom. The van der Waals surface area contributed by atoms with Gasteiger partial charge in [0.1, 0.15) is 11.9 Å². The first-order chi connectivity index (χ1) is 7.56. The van der Waals surface area contributed by atoms with Crippen molar-refractivity contribution in [2.75, 3.05) is 5.32 Å². The van der Waals surface area contributed by atoms with E-state index in [4.69, 9.17) is 0 Å². The van der Waals surface area contributed by atoms with E-state index in [-0.39, 0.29) is 18.0 Å². The molecule has 1 atom stereocenters. The number of benzene rings is 1. The van der Waals surface area contributed by atoms with Gasteiger partial charge in [-0.3, -0.25) is 14.9 Å². The zero-order valence-corrected chi connectivity index (χ0v) is 8.71. The number of aryl methyl sites for hydroxylation is 1. The molecule has 16 heavy (non-hydrogen) atoms. The number of hydrogen-bond donors (Lipinski definition) is 2. The van der Waals surface area contributed by atoms with E-state index in [0.717, 1.165) is 5.56 Å². The summed E-state index contributed by atoms with van der Waals surface area (Å²) in [5.41, 5.74) is 1.04. The molecule has 5 heteroatoms. The molecule has 1 saturated heterocycles. The summed E-state index contributed by atoms with van der Waals surface area (Å²) < 4.78 is 13.4. The quantitative estimate of drug-likeness (QED) is 0.733. The van der Waals surface area contributed by atoms with Gasteiger partial charge in [0, 0.05) is 0 Å². The fourth-order valence-electron chi connectivity index (χ4n) is 1.60. The summed E-state index contributed by atoms with van der Waals surface area (Å²) in [6.45, 7) is 1.78. The molecule has 84 valence electrons. The smallest absolute Gasteiger partial charge is 0.249 e. The van der Waals surface area contributed by atoms with E-state index in [9.17, 15) is 14.0 Å². The van der Waals surface area contributed by atoms with E-state index in [1.807, 2.05) is 0 Å². The lowest BCUT2D eigenvalue weighted by molar-refractivity contribution is -0.124. The summed E-state index contributed by atoms with van der Waals surface area (Å²) in [6.07, 6.45) is 0.0478. The van der Waals surface area contributed by atoms with E-state index in [1.54, 1.807) is 19.1 Å². The lowest BCUT2D eigenvalue weighted by Crippen LogP contribution is -2.30. The fraction of sp³-hybridized carbons (Fsp3) is 0.273. The Morgan fingerprint density at radius 2 is 2.19 bits per heavy atom. The molecular weight excluding hydrogens is 211 g/mol. The molecule has 2 N–H and O–H groups in total. The van der Waals surface area contributed by atoms with E-state index >= 15 is 0 Å². The van der Waals surface area contributed by atoms with Gasteiger partial charge in [-0.1, -0.05) is 6.07 Å². The molecule has 1 aliphatic heterocycles. The van der Waals surface area contributed by atoms with Crippen molar-refractivity contribution in [3.8, 4) is 0 Å². The standard InChI is InChI=1S/C11H11FN2O2/c1-6-2-3-8(7(12)4-6)13-9-5-10(15)14-11(9)16/h2-4,9,13H,5H2,1H3,(H,14,15,16). The van der Waals surface area contributed by atoms with Gasteiger partial charge in [-0.15, -0.1) is 0 Å². The number of halogens is 1. The van der Waals surface area contributed by atoms with Gasteiger partial charge >= 0.3 is 0 Å². The van der Waals surface area contributed by atoms with Crippen molar-refractivity contribution in [1.82, 2.24) is 5.32 Å². The lowest BCUT2D eigenvalue weighted by Gasteiger charge is -2.11. The summed E-state index contributed by atoms with van der Waals surface area (Å²) in [7, 11) is 0. The molecule has 2 amide bonds. The van der Waals surface area contributed by atoms with Crippen LogP contribution in [0, 0.1) is 12.7 Å². The Hall–Kier alpha value is -1.91. The number of amides is 2. The summed E-state index contributed by atoms with van der Waals surface area (Å²) in [5.74, 6) is -1.17. The van der Waals surface area contributed by atoms with Gasteiger partial charge in [0.2, 0.25) is 11.8 Å². The van der Waals surface area contributed by atoms with Gasteiger partial charge in [0.15, 0.2) is 0 Å². The predicted molar refractivity (Wildman–Crippen MR) is 56.3 cm³/mol. The number of imide groups is 1. The second-order valence-electron chi connectivity index (χ2n) is 3.80. The molecule has 1 aliphatic rings. The van der Waals surface area contributed by atoms with Crippen molar-refractivity contribution in [2.45, 2.75) is 19.4 Å². The summed E-state index contributed by atoms with van der Waals surface area (Å²) in [6, 6.07) is 3.99. The van der Waals surface area contributed by atoms with Crippen molar-refractivity contribution in [3.05, 3.63) is 29.6 Å². The van der Waals surface area contributed by atoms with Crippen LogP contribution in [0.25, 0.3) is 0 Å². The Morgan fingerprint density at radius 1 is 1.44 bits per heavy atom. The molecule has 0 bridgehead atoms. The van der Waals surface area contributed by atoms with E-state index in [0.29, 0.717) is 0 Å². The minimum atomic E-state index is -0.676. The summed E-state index contributed by atoms with van der Waals surface area (Å²) in [5, 5.41) is 4.86. The summed E-state index contributed by atoms with van der Waals surface area (Å²) >= 11 is 0. The van der Waals surface area contributed by atoms with Gasteiger partial charge in [-0.25, -0.2) is 4.39 Å². The number of carbonyl (C=O) groups is 2. The summed E-state index contributed by atoms with van der Waals surface area (Å²) in [4.78, 5) is 22.2. The first-order valence-corrected chi connectivity index (χ1v) is 4.92. The number of anilines is 1. The van der Waals surface area contributed by atoms with Crippen LogP contribution < -0.4 is 10.6 Å². The monoisotopic (exact) mass is 222 g/mol. The van der Waals surface area contributed by atoms with Crippen LogP contribution >= 0.6 is 0 Å². The normalized spacial score (nSPS) is 19.8. The first-order valence-electron chi connectivity index (χ1n) is 4.92. The van der Waals surface area contributed by atoms with Crippen molar-refractivity contribution < 1.29 is 14.0 Å². The fourth-order valence-corrected chi connectivity index (χ4v) is 1.60. The molecule has 4 nitrogen and oxygen atoms in total. The molecule has 0 saturated carbocycles. The Bertz CT molecular complexity index is 459. The van der Waals surface area contributed by atoms with Crippen LogP contribution in [0.4, 0.5) is 10.1 Å². The largest absolute Gasteiger partial charge is 0.371 e. The second kappa shape index (κ2) is 3.92. The van der Waals surface area contributed by atoms with Gasteiger partial charge in [-0.05, 0) is 24.6 Å². The second-order valence-corrected chi connectivity index (χ2v) is 3.80. The first kappa shape index (κ1) is 10.6. The number of carbonyl (C=O) groups excluding carboxylic acids is 2. The third kappa shape index (κ3) is 2.03. The maximum atomic E-state index is 13.4. The van der Waals surface area contributed by atoms with Gasteiger partial charge in [-0.2, -0.15) is 0 Å². The number of nitrogens with one attached hydrogen (secondary N) is 2. The van der Waals surface area contributed by atoms with E-state index < -0.39 is 17.8 Å². The van der Waals surface area contributed by atoms with Crippen molar-refractivity contribution in [1.29, 1.82) is 0 Å².